The van der Waals surface area contributed by atoms with Crippen molar-refractivity contribution < 1.29 is 14.3 Å². The quantitative estimate of drug-likeness (QED) is 0.635. The number of nitrogens with one attached hydrogen (secondary N) is 1. The minimum atomic E-state index is -0.326. The number of nitrogens with zero attached hydrogens (tertiary/aromatic N) is 2. The Morgan fingerprint density at radius 1 is 0.931 bits per heavy atom. The number of rotatable bonds is 8. The topological polar surface area (TPSA) is 82.4 Å². The summed E-state index contributed by atoms with van der Waals surface area (Å²) in [5.41, 5.74) is 2.20. The molecule has 0 atom stereocenters. The SMILES string of the molecule is COc1ccc(CCNC(=O)Cn2nc(-c3ccc(OC)cc3)ccc2=O)cc1. The van der Waals surface area contributed by atoms with Crippen molar-refractivity contribution in [2.24, 2.45) is 0 Å². The summed E-state index contributed by atoms with van der Waals surface area (Å²) in [4.78, 5) is 24.3. The molecule has 1 aromatic heterocycles. The molecule has 1 heterocycles. The van der Waals surface area contributed by atoms with Crippen molar-refractivity contribution in [2.45, 2.75) is 13.0 Å². The Balaban J connectivity index is 1.59. The first-order chi connectivity index (χ1) is 14.1. The molecule has 3 rings (SSSR count). The Kier molecular flexibility index (Phi) is 6.63. The van der Waals surface area contributed by atoms with Gasteiger partial charge < -0.3 is 14.8 Å². The lowest BCUT2D eigenvalue weighted by Gasteiger charge is -2.09. The lowest BCUT2D eigenvalue weighted by molar-refractivity contribution is -0.121. The van der Waals surface area contributed by atoms with E-state index >= 15 is 0 Å². The summed E-state index contributed by atoms with van der Waals surface area (Å²) < 4.78 is 11.4. The van der Waals surface area contributed by atoms with Gasteiger partial charge in [-0.1, -0.05) is 12.1 Å². The molecular formula is C22H23N3O4. The summed E-state index contributed by atoms with van der Waals surface area (Å²) in [6.45, 7) is 0.337. The van der Waals surface area contributed by atoms with Gasteiger partial charge in [-0.25, -0.2) is 4.68 Å². The molecule has 0 radical (unpaired) electrons. The Labute approximate surface area is 168 Å². The lowest BCUT2D eigenvalue weighted by Crippen LogP contribution is -2.34. The van der Waals surface area contributed by atoms with Crippen LogP contribution in [0.4, 0.5) is 0 Å². The van der Waals surface area contributed by atoms with Crippen LogP contribution in [0.1, 0.15) is 5.56 Å². The number of amides is 1. The highest BCUT2D eigenvalue weighted by Gasteiger charge is 2.08. The van der Waals surface area contributed by atoms with Crippen LogP contribution in [-0.2, 0) is 17.8 Å². The normalized spacial score (nSPS) is 10.4. The Morgan fingerprint density at radius 3 is 2.17 bits per heavy atom. The fourth-order valence-corrected chi connectivity index (χ4v) is 2.81. The average molecular weight is 393 g/mol. The van der Waals surface area contributed by atoms with E-state index in [-0.39, 0.29) is 18.0 Å². The molecule has 0 spiro atoms. The van der Waals surface area contributed by atoms with Gasteiger partial charge in [0.05, 0.1) is 19.9 Å². The maximum Gasteiger partial charge on any atom is 0.267 e. The fourth-order valence-electron chi connectivity index (χ4n) is 2.81. The minimum absolute atomic E-state index is 0.133. The summed E-state index contributed by atoms with van der Waals surface area (Å²) in [5, 5.41) is 7.14. The van der Waals surface area contributed by atoms with E-state index in [2.05, 4.69) is 10.4 Å². The highest BCUT2D eigenvalue weighted by molar-refractivity contribution is 5.75. The molecule has 150 valence electrons. The van der Waals surface area contributed by atoms with Gasteiger partial charge in [0, 0.05) is 18.2 Å². The summed E-state index contributed by atoms with van der Waals surface area (Å²) in [5.74, 6) is 1.26. The maximum absolute atomic E-state index is 12.2. The Bertz CT molecular complexity index is 1010. The molecule has 29 heavy (non-hydrogen) atoms. The van der Waals surface area contributed by atoms with Crippen LogP contribution in [-0.4, -0.2) is 36.5 Å². The molecule has 0 bridgehead atoms. The van der Waals surface area contributed by atoms with Gasteiger partial charge in [-0.3, -0.25) is 9.59 Å². The molecule has 0 unspecified atom stereocenters. The maximum atomic E-state index is 12.2. The van der Waals surface area contributed by atoms with Crippen LogP contribution in [0, 0.1) is 0 Å². The largest absolute Gasteiger partial charge is 0.497 e. The Morgan fingerprint density at radius 2 is 1.55 bits per heavy atom. The highest BCUT2D eigenvalue weighted by atomic mass is 16.5. The number of benzene rings is 2. The van der Waals surface area contributed by atoms with E-state index < -0.39 is 0 Å². The first-order valence-electron chi connectivity index (χ1n) is 9.21. The molecule has 7 heteroatoms. The van der Waals surface area contributed by atoms with Crippen molar-refractivity contribution in [1.29, 1.82) is 0 Å². The summed E-state index contributed by atoms with van der Waals surface area (Å²) in [6.07, 6.45) is 0.684. The highest BCUT2D eigenvalue weighted by Crippen LogP contribution is 2.19. The molecule has 1 amide bonds. The van der Waals surface area contributed by atoms with E-state index in [1.54, 1.807) is 20.3 Å². The zero-order valence-electron chi connectivity index (χ0n) is 16.4. The molecule has 0 aliphatic heterocycles. The number of carbonyl (C=O) groups excluding carboxylic acids is 1. The monoisotopic (exact) mass is 393 g/mol. The molecule has 3 aromatic rings. The second-order valence-corrected chi connectivity index (χ2v) is 6.39. The van der Waals surface area contributed by atoms with E-state index in [1.165, 1.54) is 10.7 Å². The molecule has 0 saturated carbocycles. The van der Waals surface area contributed by atoms with Gasteiger partial charge in [0.1, 0.15) is 18.0 Å². The van der Waals surface area contributed by atoms with Crippen molar-refractivity contribution in [3.63, 3.8) is 0 Å². The van der Waals surface area contributed by atoms with Crippen LogP contribution < -0.4 is 20.3 Å². The van der Waals surface area contributed by atoms with Crippen LogP contribution in [0.3, 0.4) is 0 Å². The van der Waals surface area contributed by atoms with Crippen molar-refractivity contribution in [3.8, 4) is 22.8 Å². The summed E-state index contributed by atoms with van der Waals surface area (Å²) >= 11 is 0. The summed E-state index contributed by atoms with van der Waals surface area (Å²) in [6, 6.07) is 18.1. The zero-order valence-corrected chi connectivity index (χ0v) is 16.4. The standard InChI is InChI=1S/C22H23N3O4/c1-28-18-7-3-16(4-8-18)13-14-23-21(26)15-25-22(27)12-11-20(24-25)17-5-9-19(29-2)10-6-17/h3-12H,13-15H2,1-2H3,(H,23,26). The number of methoxy groups -OCH3 is 2. The van der Waals surface area contributed by atoms with Crippen LogP contribution in [0.2, 0.25) is 0 Å². The molecule has 0 aliphatic carbocycles. The first-order valence-corrected chi connectivity index (χ1v) is 9.21. The second-order valence-electron chi connectivity index (χ2n) is 6.39. The average Bonchev–Trinajstić information content (AvgIpc) is 2.76. The minimum Gasteiger partial charge on any atom is -0.497 e. The van der Waals surface area contributed by atoms with Gasteiger partial charge in [0.25, 0.3) is 5.56 Å². The molecule has 1 N–H and O–H groups in total. The molecule has 0 saturated heterocycles. The molecule has 7 nitrogen and oxygen atoms in total. The van der Waals surface area contributed by atoms with Crippen molar-refractivity contribution in [2.75, 3.05) is 20.8 Å². The molecule has 2 aromatic carbocycles. The van der Waals surface area contributed by atoms with Crippen LogP contribution in [0.25, 0.3) is 11.3 Å². The van der Waals surface area contributed by atoms with Gasteiger partial charge in [0.15, 0.2) is 0 Å². The number of hydrogen-bond acceptors (Lipinski definition) is 5. The van der Waals surface area contributed by atoms with Crippen LogP contribution in [0.5, 0.6) is 11.5 Å². The van der Waals surface area contributed by atoms with E-state index in [0.717, 1.165) is 22.6 Å². The first kappa shape index (κ1) is 20.1. The second kappa shape index (κ2) is 9.54. The molecular weight excluding hydrogens is 370 g/mol. The van der Waals surface area contributed by atoms with Gasteiger partial charge in [-0.2, -0.15) is 5.10 Å². The Hall–Kier alpha value is -3.61. The van der Waals surface area contributed by atoms with Gasteiger partial charge in [-0.05, 0) is 54.4 Å². The molecule has 0 aliphatic rings. The van der Waals surface area contributed by atoms with Gasteiger partial charge in [0.2, 0.25) is 5.91 Å². The lowest BCUT2D eigenvalue weighted by atomic mass is 10.1. The summed E-state index contributed by atoms with van der Waals surface area (Å²) in [7, 11) is 3.22. The van der Waals surface area contributed by atoms with E-state index in [0.29, 0.717) is 18.7 Å². The number of ether oxygens (including phenoxy) is 2. The van der Waals surface area contributed by atoms with Crippen molar-refractivity contribution in [1.82, 2.24) is 15.1 Å². The third kappa shape index (κ3) is 5.44. The smallest absolute Gasteiger partial charge is 0.267 e. The van der Waals surface area contributed by atoms with E-state index in [9.17, 15) is 9.59 Å². The number of carbonyl (C=O) groups is 1. The van der Waals surface area contributed by atoms with Crippen molar-refractivity contribution >= 4 is 5.91 Å². The molecule has 0 fully saturated rings. The van der Waals surface area contributed by atoms with E-state index in [1.807, 2.05) is 48.5 Å². The third-order valence-electron chi connectivity index (χ3n) is 4.44. The van der Waals surface area contributed by atoms with Crippen LogP contribution >= 0.6 is 0 Å². The van der Waals surface area contributed by atoms with Gasteiger partial charge >= 0.3 is 0 Å². The fraction of sp³-hybridized carbons (Fsp3) is 0.227. The number of hydrogen-bond donors (Lipinski definition) is 1. The van der Waals surface area contributed by atoms with Crippen LogP contribution in [0.15, 0.2) is 65.5 Å². The van der Waals surface area contributed by atoms with Gasteiger partial charge in [-0.15, -0.1) is 0 Å². The zero-order chi connectivity index (χ0) is 20.6. The third-order valence-corrected chi connectivity index (χ3v) is 4.44. The van der Waals surface area contributed by atoms with Crippen molar-refractivity contribution in [3.05, 3.63) is 76.6 Å². The number of aromatic nitrogens is 2. The predicted octanol–water partition coefficient (Wildman–Crippen LogP) is 2.29. The van der Waals surface area contributed by atoms with E-state index in [4.69, 9.17) is 9.47 Å². The predicted molar refractivity (Wildman–Crippen MR) is 110 cm³/mol.